The fraction of sp³-hybridized carbons (Fsp3) is 0.533. The molecule has 1 aromatic carbocycles. The van der Waals surface area contributed by atoms with Gasteiger partial charge in [0.05, 0.1) is 24.9 Å². The first-order valence-corrected chi connectivity index (χ1v) is 6.91. The summed E-state index contributed by atoms with van der Waals surface area (Å²) in [6.45, 7) is 5.17. The molecule has 0 aliphatic rings. The van der Waals surface area contributed by atoms with Crippen molar-refractivity contribution in [1.29, 1.82) is 0 Å². The van der Waals surface area contributed by atoms with E-state index < -0.39 is 0 Å². The topological polar surface area (TPSA) is 61.8 Å². The Morgan fingerprint density at radius 3 is 2.80 bits per heavy atom. The van der Waals surface area contributed by atoms with Crippen molar-refractivity contribution in [3.63, 3.8) is 0 Å². The summed E-state index contributed by atoms with van der Waals surface area (Å²) >= 11 is 0. The second kappa shape index (κ2) is 8.55. The average molecular weight is 280 g/mol. The summed E-state index contributed by atoms with van der Waals surface area (Å²) in [6.07, 6.45) is 0.304. The van der Waals surface area contributed by atoms with Crippen LogP contribution < -0.4 is 10.1 Å². The first-order chi connectivity index (χ1) is 9.52. The van der Waals surface area contributed by atoms with Gasteiger partial charge in [-0.25, -0.2) is 0 Å². The van der Waals surface area contributed by atoms with Crippen LogP contribution in [0.25, 0.3) is 0 Å². The zero-order valence-corrected chi connectivity index (χ0v) is 12.4. The van der Waals surface area contributed by atoms with Crippen molar-refractivity contribution < 1.29 is 14.6 Å². The maximum absolute atomic E-state index is 12.0. The van der Waals surface area contributed by atoms with Gasteiger partial charge < -0.3 is 15.2 Å². The highest BCUT2D eigenvalue weighted by atomic mass is 16.5. The molecule has 1 amide bonds. The van der Waals surface area contributed by atoms with Crippen LogP contribution in [0.2, 0.25) is 0 Å². The number of ether oxygens (including phenoxy) is 1. The largest absolute Gasteiger partial charge is 0.492 e. The van der Waals surface area contributed by atoms with E-state index in [1.165, 1.54) is 0 Å². The molecule has 2 N–H and O–H groups in total. The van der Waals surface area contributed by atoms with Gasteiger partial charge in [-0.3, -0.25) is 9.69 Å². The number of nitrogens with zero attached hydrogens (tertiary/aromatic N) is 1. The van der Waals surface area contributed by atoms with E-state index in [-0.39, 0.29) is 18.6 Å². The van der Waals surface area contributed by atoms with Crippen LogP contribution in [0, 0.1) is 0 Å². The molecule has 0 bridgehead atoms. The van der Waals surface area contributed by atoms with Gasteiger partial charge >= 0.3 is 0 Å². The van der Waals surface area contributed by atoms with E-state index in [9.17, 15) is 9.90 Å². The molecule has 0 saturated carbocycles. The van der Waals surface area contributed by atoms with Crippen LogP contribution in [0.1, 0.15) is 20.3 Å². The van der Waals surface area contributed by atoms with Gasteiger partial charge in [0, 0.05) is 6.54 Å². The highest BCUT2D eigenvalue weighted by Gasteiger charge is 2.10. The Morgan fingerprint density at radius 1 is 1.45 bits per heavy atom. The van der Waals surface area contributed by atoms with Crippen LogP contribution in [-0.4, -0.2) is 48.8 Å². The number of carbonyl (C=O) groups excluding carboxylic acids is 1. The summed E-state index contributed by atoms with van der Waals surface area (Å²) in [4.78, 5) is 13.8. The smallest absolute Gasteiger partial charge is 0.238 e. The summed E-state index contributed by atoms with van der Waals surface area (Å²) in [5.41, 5.74) is 0.684. The minimum absolute atomic E-state index is 0.0924. The van der Waals surface area contributed by atoms with E-state index in [1.54, 1.807) is 6.92 Å². The fourth-order valence-electron chi connectivity index (χ4n) is 1.77. The maximum atomic E-state index is 12.0. The second-order valence-corrected chi connectivity index (χ2v) is 4.85. The van der Waals surface area contributed by atoms with Crippen molar-refractivity contribution in [2.45, 2.75) is 26.4 Å². The predicted molar refractivity (Wildman–Crippen MR) is 80.0 cm³/mol. The Bertz CT molecular complexity index is 421. The number of nitrogens with one attached hydrogen (secondary N) is 1. The van der Waals surface area contributed by atoms with Crippen LogP contribution in [-0.2, 0) is 4.79 Å². The molecule has 0 aliphatic carbocycles. The summed E-state index contributed by atoms with van der Waals surface area (Å²) in [7, 11) is 1.86. The van der Waals surface area contributed by atoms with Gasteiger partial charge in [0.25, 0.3) is 0 Å². The SMILES string of the molecule is CCOc1ccccc1NC(=O)CN(C)CCC(C)O. The van der Waals surface area contributed by atoms with E-state index in [0.717, 1.165) is 0 Å². The molecule has 1 aromatic rings. The Balaban J connectivity index is 2.49. The number of aliphatic hydroxyl groups is 1. The van der Waals surface area contributed by atoms with E-state index in [1.807, 2.05) is 43.1 Å². The third-order valence-electron chi connectivity index (χ3n) is 2.80. The van der Waals surface area contributed by atoms with E-state index in [2.05, 4.69) is 5.32 Å². The van der Waals surface area contributed by atoms with Crippen molar-refractivity contribution in [3.8, 4) is 5.75 Å². The lowest BCUT2D eigenvalue weighted by Crippen LogP contribution is -2.32. The molecule has 0 aliphatic heterocycles. The van der Waals surface area contributed by atoms with Gasteiger partial charge in [-0.15, -0.1) is 0 Å². The molecule has 5 nitrogen and oxygen atoms in total. The number of hydrogen-bond donors (Lipinski definition) is 2. The molecule has 0 fully saturated rings. The van der Waals surface area contributed by atoms with Crippen LogP contribution in [0.3, 0.4) is 0 Å². The Hall–Kier alpha value is -1.59. The van der Waals surface area contributed by atoms with Crippen molar-refractivity contribution in [2.75, 3.05) is 32.1 Å². The van der Waals surface area contributed by atoms with Crippen molar-refractivity contribution in [2.24, 2.45) is 0 Å². The molecule has 0 radical (unpaired) electrons. The van der Waals surface area contributed by atoms with E-state index >= 15 is 0 Å². The predicted octanol–water partition coefficient (Wildman–Crippen LogP) is 1.73. The van der Waals surface area contributed by atoms with Gasteiger partial charge in [-0.1, -0.05) is 12.1 Å². The minimum Gasteiger partial charge on any atom is -0.492 e. The first kappa shape index (κ1) is 16.5. The Morgan fingerprint density at radius 2 is 2.15 bits per heavy atom. The molecular formula is C15H24N2O3. The van der Waals surface area contributed by atoms with Gasteiger partial charge in [0.15, 0.2) is 0 Å². The molecule has 0 spiro atoms. The molecule has 0 heterocycles. The third-order valence-corrected chi connectivity index (χ3v) is 2.80. The lowest BCUT2D eigenvalue weighted by Gasteiger charge is -2.17. The molecular weight excluding hydrogens is 256 g/mol. The molecule has 1 unspecified atom stereocenters. The molecule has 0 aromatic heterocycles. The molecule has 5 heteroatoms. The molecule has 0 saturated heterocycles. The van der Waals surface area contributed by atoms with Crippen LogP contribution in [0.5, 0.6) is 5.75 Å². The van der Waals surface area contributed by atoms with Crippen LogP contribution in [0.15, 0.2) is 24.3 Å². The van der Waals surface area contributed by atoms with Crippen molar-refractivity contribution >= 4 is 11.6 Å². The van der Waals surface area contributed by atoms with Crippen molar-refractivity contribution in [1.82, 2.24) is 4.90 Å². The standard InChI is InChI=1S/C15H24N2O3/c1-4-20-14-8-6-5-7-13(14)16-15(19)11-17(3)10-9-12(2)18/h5-8,12,18H,4,9-11H2,1-3H3,(H,16,19). The third kappa shape index (κ3) is 6.04. The second-order valence-electron chi connectivity index (χ2n) is 4.85. The Labute approximate surface area is 120 Å². The summed E-state index contributed by atoms with van der Waals surface area (Å²) < 4.78 is 5.46. The van der Waals surface area contributed by atoms with Gasteiger partial charge in [-0.2, -0.15) is 0 Å². The number of rotatable bonds is 8. The number of benzene rings is 1. The number of hydrogen-bond acceptors (Lipinski definition) is 4. The number of carbonyl (C=O) groups is 1. The highest BCUT2D eigenvalue weighted by molar-refractivity contribution is 5.93. The molecule has 112 valence electrons. The first-order valence-electron chi connectivity index (χ1n) is 6.91. The van der Waals surface area contributed by atoms with Crippen LogP contribution in [0.4, 0.5) is 5.69 Å². The molecule has 20 heavy (non-hydrogen) atoms. The van der Waals surface area contributed by atoms with Crippen LogP contribution >= 0.6 is 0 Å². The maximum Gasteiger partial charge on any atom is 0.238 e. The van der Waals surface area contributed by atoms with Crippen molar-refractivity contribution in [3.05, 3.63) is 24.3 Å². The Kier molecular flexibility index (Phi) is 7.04. The quantitative estimate of drug-likeness (QED) is 0.761. The summed E-state index contributed by atoms with van der Waals surface area (Å²) in [5, 5.41) is 12.1. The number of likely N-dealkylation sites (N-methyl/N-ethyl adjacent to an activating group) is 1. The van der Waals surface area contributed by atoms with Gasteiger partial charge in [0.1, 0.15) is 5.75 Å². The lowest BCUT2D eigenvalue weighted by atomic mass is 10.2. The lowest BCUT2D eigenvalue weighted by molar-refractivity contribution is -0.117. The molecule has 1 atom stereocenters. The van der Waals surface area contributed by atoms with E-state index in [4.69, 9.17) is 4.74 Å². The zero-order chi connectivity index (χ0) is 15.0. The summed E-state index contributed by atoms with van der Waals surface area (Å²) in [6, 6.07) is 7.37. The average Bonchev–Trinajstić information content (AvgIpc) is 2.39. The molecule has 1 rings (SSSR count). The number of aliphatic hydroxyl groups excluding tert-OH is 1. The normalized spacial score (nSPS) is 12.2. The number of amides is 1. The van der Waals surface area contributed by atoms with E-state index in [0.29, 0.717) is 31.0 Å². The van der Waals surface area contributed by atoms with Gasteiger partial charge in [-0.05, 0) is 39.4 Å². The highest BCUT2D eigenvalue weighted by Crippen LogP contribution is 2.23. The van der Waals surface area contributed by atoms with Gasteiger partial charge in [0.2, 0.25) is 5.91 Å². The monoisotopic (exact) mass is 280 g/mol. The number of para-hydroxylation sites is 2. The zero-order valence-electron chi connectivity index (χ0n) is 12.4. The minimum atomic E-state index is -0.348. The summed E-state index contributed by atoms with van der Waals surface area (Å²) in [5.74, 6) is 0.584. The number of anilines is 1. The fourth-order valence-corrected chi connectivity index (χ4v) is 1.77.